The first-order valence-corrected chi connectivity index (χ1v) is 10.9. The first kappa shape index (κ1) is 24.2. The van der Waals surface area contributed by atoms with Crippen molar-refractivity contribution in [3.8, 4) is 0 Å². The van der Waals surface area contributed by atoms with Gasteiger partial charge in [-0.25, -0.2) is 4.79 Å². The van der Waals surface area contributed by atoms with Crippen LogP contribution in [-0.2, 0) is 4.79 Å². The number of unbranched alkanes of at least 4 members (excludes halogenated alkanes) is 7. The summed E-state index contributed by atoms with van der Waals surface area (Å²) >= 11 is 0. The van der Waals surface area contributed by atoms with Gasteiger partial charge < -0.3 is 10.2 Å². The predicted octanol–water partition coefficient (Wildman–Crippen LogP) is 6.52. The summed E-state index contributed by atoms with van der Waals surface area (Å²) in [5, 5.41) is 18.9. The van der Waals surface area contributed by atoms with E-state index in [0.29, 0.717) is 18.4 Å². The highest BCUT2D eigenvalue weighted by atomic mass is 16.4. The summed E-state index contributed by atoms with van der Waals surface area (Å²) in [4.78, 5) is 11.4. The van der Waals surface area contributed by atoms with Crippen LogP contribution >= 0.6 is 0 Å². The Hall–Kier alpha value is -1.87. The van der Waals surface area contributed by atoms with Gasteiger partial charge in [0.1, 0.15) is 0 Å². The molecule has 1 rings (SSSR count). The normalized spacial score (nSPS) is 21.1. The number of aliphatic hydroxyl groups is 1. The Morgan fingerprint density at radius 2 is 1.46 bits per heavy atom. The van der Waals surface area contributed by atoms with Crippen LogP contribution in [0.1, 0.15) is 77.6 Å². The van der Waals surface area contributed by atoms with Gasteiger partial charge >= 0.3 is 5.97 Å². The zero-order chi connectivity index (χ0) is 20.5. The van der Waals surface area contributed by atoms with Crippen LogP contribution in [0, 0.1) is 5.92 Å². The zero-order valence-corrected chi connectivity index (χ0v) is 17.4. The van der Waals surface area contributed by atoms with Crippen LogP contribution in [0.2, 0.25) is 0 Å². The Morgan fingerprint density at radius 3 is 2.07 bits per heavy atom. The Labute approximate surface area is 171 Å². The molecule has 0 saturated heterocycles. The van der Waals surface area contributed by atoms with E-state index >= 15 is 0 Å². The van der Waals surface area contributed by atoms with Crippen LogP contribution in [0.4, 0.5) is 0 Å². The average molecular weight is 387 g/mol. The van der Waals surface area contributed by atoms with Gasteiger partial charge in [0.05, 0.1) is 6.10 Å². The van der Waals surface area contributed by atoms with E-state index in [2.05, 4.69) is 19.1 Å². The van der Waals surface area contributed by atoms with Gasteiger partial charge in [-0.1, -0.05) is 100 Å². The third-order valence-corrected chi connectivity index (χ3v) is 5.14. The molecule has 1 fully saturated rings. The van der Waals surface area contributed by atoms with Gasteiger partial charge in [0.2, 0.25) is 0 Å². The maximum absolute atomic E-state index is 11.4. The molecule has 3 nitrogen and oxygen atoms in total. The molecule has 2 N–H and O–H groups in total. The van der Waals surface area contributed by atoms with Crippen LogP contribution in [0.25, 0.3) is 0 Å². The molecule has 2 unspecified atom stereocenters. The highest BCUT2D eigenvalue weighted by Gasteiger charge is 2.28. The molecule has 0 aromatic heterocycles. The molecule has 0 bridgehead atoms. The van der Waals surface area contributed by atoms with E-state index in [1.54, 1.807) is 12.2 Å². The van der Waals surface area contributed by atoms with E-state index in [1.165, 1.54) is 44.9 Å². The molecule has 0 heterocycles. The lowest BCUT2D eigenvalue weighted by Gasteiger charge is -2.09. The molecule has 3 heteroatoms. The van der Waals surface area contributed by atoms with E-state index in [4.69, 9.17) is 0 Å². The topological polar surface area (TPSA) is 57.5 Å². The van der Waals surface area contributed by atoms with Gasteiger partial charge in [-0.15, -0.1) is 0 Å². The molecule has 1 saturated carbocycles. The van der Waals surface area contributed by atoms with Gasteiger partial charge in [-0.2, -0.15) is 0 Å². The number of rotatable bonds is 14. The summed E-state index contributed by atoms with van der Waals surface area (Å²) in [6.07, 6.45) is 29.5. The van der Waals surface area contributed by atoms with Gasteiger partial charge in [0.15, 0.2) is 0 Å². The van der Waals surface area contributed by atoms with Gasteiger partial charge in [-0.3, -0.25) is 0 Å². The molecule has 2 atom stereocenters. The molecule has 0 aromatic rings. The highest BCUT2D eigenvalue weighted by molar-refractivity contribution is 5.87. The standard InChI is InChI=1S/C25H38O3/c1-2-3-4-5-6-7-8-9-10-11-12-13-14-15-16-17-18-24(25(27)28)22-19-20-23(26)21-22/h10-18,22-23,26H,2-9,19-21H2,1H3,(H,27,28). The van der Waals surface area contributed by atoms with Crippen LogP contribution in [0.3, 0.4) is 0 Å². The number of hydrogen-bond acceptors (Lipinski definition) is 2. The van der Waals surface area contributed by atoms with Crippen molar-refractivity contribution in [1.82, 2.24) is 0 Å². The molecule has 0 radical (unpaired) electrons. The quantitative estimate of drug-likeness (QED) is 0.203. The smallest absolute Gasteiger partial charge is 0.331 e. The van der Waals surface area contributed by atoms with Gasteiger partial charge in [0.25, 0.3) is 0 Å². The van der Waals surface area contributed by atoms with E-state index in [9.17, 15) is 15.0 Å². The van der Waals surface area contributed by atoms with E-state index < -0.39 is 5.97 Å². The molecule has 1 aliphatic rings. The van der Waals surface area contributed by atoms with Crippen molar-refractivity contribution in [3.63, 3.8) is 0 Å². The minimum atomic E-state index is -0.890. The summed E-state index contributed by atoms with van der Waals surface area (Å²) in [5.74, 6) is -0.929. The highest BCUT2D eigenvalue weighted by Crippen LogP contribution is 2.31. The average Bonchev–Trinajstić information content (AvgIpc) is 3.10. The van der Waals surface area contributed by atoms with Crippen molar-refractivity contribution in [3.05, 3.63) is 60.3 Å². The largest absolute Gasteiger partial charge is 0.478 e. The van der Waals surface area contributed by atoms with Crippen LogP contribution in [-0.4, -0.2) is 22.3 Å². The number of carbonyl (C=O) groups is 1. The summed E-state index contributed by atoms with van der Waals surface area (Å²) in [6.45, 7) is 2.25. The fraction of sp³-hybridized carbons (Fsp3) is 0.560. The van der Waals surface area contributed by atoms with Crippen molar-refractivity contribution in [2.24, 2.45) is 5.92 Å². The summed E-state index contributed by atoms with van der Waals surface area (Å²) < 4.78 is 0. The number of hydrogen-bond donors (Lipinski definition) is 2. The maximum Gasteiger partial charge on any atom is 0.331 e. The lowest BCUT2D eigenvalue weighted by molar-refractivity contribution is -0.133. The second-order valence-electron chi connectivity index (χ2n) is 7.58. The van der Waals surface area contributed by atoms with Crippen LogP contribution in [0.15, 0.2) is 60.3 Å². The number of carboxylic acids is 1. The van der Waals surface area contributed by atoms with Crippen LogP contribution < -0.4 is 0 Å². The molecular weight excluding hydrogens is 348 g/mol. The lowest BCUT2D eigenvalue weighted by Crippen LogP contribution is -2.11. The van der Waals surface area contributed by atoms with Gasteiger partial charge in [-0.05, 0) is 38.0 Å². The van der Waals surface area contributed by atoms with Crippen molar-refractivity contribution < 1.29 is 15.0 Å². The zero-order valence-electron chi connectivity index (χ0n) is 17.4. The molecule has 0 aliphatic heterocycles. The Bertz CT molecular complexity index is 566. The molecule has 0 spiro atoms. The second kappa shape index (κ2) is 16.1. The Morgan fingerprint density at radius 1 is 0.857 bits per heavy atom. The van der Waals surface area contributed by atoms with Gasteiger partial charge in [0, 0.05) is 5.57 Å². The first-order chi connectivity index (χ1) is 13.6. The third kappa shape index (κ3) is 11.8. The number of aliphatic carboxylic acids is 1. The summed E-state index contributed by atoms with van der Waals surface area (Å²) in [7, 11) is 0. The second-order valence-corrected chi connectivity index (χ2v) is 7.58. The van der Waals surface area contributed by atoms with Crippen molar-refractivity contribution in [1.29, 1.82) is 0 Å². The van der Waals surface area contributed by atoms with Crippen molar-refractivity contribution >= 4 is 5.97 Å². The Kier molecular flexibility index (Phi) is 13.9. The number of allylic oxidation sites excluding steroid dienone is 9. The summed E-state index contributed by atoms with van der Waals surface area (Å²) in [5.41, 5.74) is 0.394. The van der Waals surface area contributed by atoms with E-state index in [-0.39, 0.29) is 12.0 Å². The monoisotopic (exact) mass is 386 g/mol. The molecule has 1 aliphatic carbocycles. The van der Waals surface area contributed by atoms with Crippen molar-refractivity contribution in [2.45, 2.75) is 83.7 Å². The first-order valence-electron chi connectivity index (χ1n) is 10.9. The summed E-state index contributed by atoms with van der Waals surface area (Å²) in [6, 6.07) is 0. The third-order valence-electron chi connectivity index (χ3n) is 5.14. The van der Waals surface area contributed by atoms with E-state index in [1.807, 2.05) is 30.4 Å². The maximum atomic E-state index is 11.4. The van der Waals surface area contributed by atoms with Crippen LogP contribution in [0.5, 0.6) is 0 Å². The molecule has 0 amide bonds. The van der Waals surface area contributed by atoms with E-state index in [0.717, 1.165) is 12.8 Å². The molecule has 28 heavy (non-hydrogen) atoms. The SMILES string of the molecule is CCCCCCCCCC=CC=CC=CC=CC=C(C(=O)O)C1CCC(O)C1. The van der Waals surface area contributed by atoms with Crippen molar-refractivity contribution in [2.75, 3.05) is 0 Å². The molecule has 0 aromatic carbocycles. The molecule has 156 valence electrons. The Balaban J connectivity index is 2.19. The molecular formula is C25H38O3. The number of aliphatic hydroxyl groups excluding tert-OH is 1. The minimum absolute atomic E-state index is 0.0393. The number of carboxylic acid groups (broad SMARTS) is 1. The minimum Gasteiger partial charge on any atom is -0.478 e. The fourth-order valence-electron chi connectivity index (χ4n) is 3.50. The predicted molar refractivity (Wildman–Crippen MR) is 118 cm³/mol. The fourth-order valence-corrected chi connectivity index (χ4v) is 3.50. The lowest BCUT2D eigenvalue weighted by atomic mass is 9.97.